The van der Waals surface area contributed by atoms with Crippen molar-refractivity contribution in [2.45, 2.75) is 42.9 Å². The van der Waals surface area contributed by atoms with Gasteiger partial charge in [0.15, 0.2) is 35.4 Å². The summed E-state index contributed by atoms with van der Waals surface area (Å²) in [4.78, 5) is 0. The van der Waals surface area contributed by atoms with Crippen LogP contribution < -0.4 is 23.7 Å². The molecule has 7 N–H and O–H groups in total. The minimum absolute atomic E-state index is 0.0573. The van der Waals surface area contributed by atoms with Crippen molar-refractivity contribution >= 4 is 6.08 Å². The largest absolute Gasteiger partial charge is 0.502 e. The molecule has 0 radical (unpaired) electrons. The van der Waals surface area contributed by atoms with Crippen LogP contribution in [0, 0.1) is 0 Å². The normalized spacial score (nSPS) is 23.8. The van der Waals surface area contributed by atoms with Gasteiger partial charge in [-0.3, -0.25) is 0 Å². The molecule has 2 aromatic carbocycles. The van der Waals surface area contributed by atoms with Gasteiger partial charge in [-0.15, -0.1) is 0 Å². The van der Waals surface area contributed by atoms with E-state index in [-0.39, 0.29) is 46.7 Å². The van der Waals surface area contributed by atoms with E-state index in [1.807, 2.05) is 0 Å². The Bertz CT molecular complexity index is 1140. The zero-order valence-electron chi connectivity index (χ0n) is 23.6. The predicted molar refractivity (Wildman–Crippen MR) is 146 cm³/mol. The Labute approximate surface area is 242 Å². The van der Waals surface area contributed by atoms with Crippen molar-refractivity contribution in [3.63, 3.8) is 0 Å². The van der Waals surface area contributed by atoms with Gasteiger partial charge in [-0.25, -0.2) is 0 Å². The number of hydrogen-bond donors (Lipinski definition) is 7. The molecule has 3 rings (SSSR count). The average Bonchev–Trinajstić information content (AvgIpc) is 3.01. The second-order valence-corrected chi connectivity index (χ2v) is 9.25. The third kappa shape index (κ3) is 7.35. The Balaban J connectivity index is 1.77. The molecule has 1 saturated heterocycles. The third-order valence-corrected chi connectivity index (χ3v) is 6.64. The average molecular weight is 599 g/mol. The van der Waals surface area contributed by atoms with Gasteiger partial charge in [0.25, 0.3) is 0 Å². The molecular formula is C28H38O14. The predicted octanol–water partition coefficient (Wildman–Crippen LogP) is -0.270. The number of aliphatic hydroxyl groups is 6. The highest BCUT2D eigenvalue weighted by molar-refractivity contribution is 5.62. The highest BCUT2D eigenvalue weighted by Gasteiger charge is 2.43. The molecule has 7 atom stereocenters. The molecule has 0 bridgehead atoms. The van der Waals surface area contributed by atoms with Crippen LogP contribution in [0.25, 0.3) is 6.08 Å². The van der Waals surface area contributed by atoms with Gasteiger partial charge < -0.3 is 68.9 Å². The van der Waals surface area contributed by atoms with Crippen LogP contribution in [0.4, 0.5) is 0 Å². The third-order valence-electron chi connectivity index (χ3n) is 6.64. The smallest absolute Gasteiger partial charge is 0.204 e. The number of benzene rings is 2. The summed E-state index contributed by atoms with van der Waals surface area (Å²) in [5.74, 6) is 0.406. The minimum atomic E-state index is -1.55. The van der Waals surface area contributed by atoms with E-state index in [1.54, 1.807) is 24.3 Å². The second-order valence-electron chi connectivity index (χ2n) is 9.25. The van der Waals surface area contributed by atoms with Gasteiger partial charge in [-0.05, 0) is 35.4 Å². The first-order valence-corrected chi connectivity index (χ1v) is 12.9. The Hall–Kier alpha value is -3.34. The molecule has 0 saturated carbocycles. The summed E-state index contributed by atoms with van der Waals surface area (Å²) in [6.45, 7) is -1.24. The van der Waals surface area contributed by atoms with Crippen molar-refractivity contribution in [3.05, 3.63) is 41.5 Å². The van der Waals surface area contributed by atoms with Crippen molar-refractivity contribution in [1.82, 2.24) is 0 Å². The van der Waals surface area contributed by atoms with Crippen LogP contribution >= 0.6 is 0 Å². The van der Waals surface area contributed by atoms with E-state index in [2.05, 4.69) is 0 Å². The number of aromatic hydroxyl groups is 1. The van der Waals surface area contributed by atoms with E-state index >= 15 is 0 Å². The zero-order chi connectivity index (χ0) is 31.0. The van der Waals surface area contributed by atoms with E-state index in [4.69, 9.17) is 33.2 Å². The molecule has 0 aliphatic carbocycles. The molecule has 0 unspecified atom stereocenters. The molecule has 14 nitrogen and oxygen atoms in total. The molecule has 1 fully saturated rings. The number of hydrogen-bond acceptors (Lipinski definition) is 14. The van der Waals surface area contributed by atoms with E-state index in [0.717, 1.165) is 0 Å². The SMILES string of the molecule is COc1cc([C@H](O)[C@@H](CO)Oc2c(OC)cc(/C=C/CO[C@@H]3O[C@H](CO)[C@@H](O)[C@H](O)[C@H]3O)cc2OC)cc(OC)c1O. The summed E-state index contributed by atoms with van der Waals surface area (Å²) in [7, 11) is 5.49. The number of phenols is 1. The summed E-state index contributed by atoms with van der Waals surface area (Å²) in [6, 6.07) is 6.00. The molecule has 42 heavy (non-hydrogen) atoms. The molecule has 14 heteroatoms. The molecular weight excluding hydrogens is 560 g/mol. The highest BCUT2D eigenvalue weighted by atomic mass is 16.7. The van der Waals surface area contributed by atoms with E-state index in [9.17, 15) is 35.7 Å². The number of aliphatic hydroxyl groups excluding tert-OH is 6. The van der Waals surface area contributed by atoms with Gasteiger partial charge in [0.05, 0.1) is 48.3 Å². The molecule has 2 aromatic rings. The van der Waals surface area contributed by atoms with E-state index < -0.39 is 56.1 Å². The fourth-order valence-electron chi connectivity index (χ4n) is 4.30. The van der Waals surface area contributed by atoms with E-state index in [1.165, 1.54) is 40.6 Å². The molecule has 1 aliphatic heterocycles. The first-order chi connectivity index (χ1) is 20.1. The number of ether oxygens (including phenoxy) is 7. The number of phenolic OH excluding ortho intramolecular Hbond substituents is 1. The molecule has 0 aromatic heterocycles. The van der Waals surface area contributed by atoms with Crippen LogP contribution in [0.2, 0.25) is 0 Å². The lowest BCUT2D eigenvalue weighted by molar-refractivity contribution is -0.298. The van der Waals surface area contributed by atoms with Gasteiger partial charge in [-0.1, -0.05) is 12.2 Å². The van der Waals surface area contributed by atoms with Crippen molar-refractivity contribution in [3.8, 4) is 34.5 Å². The topological polar surface area (TPSA) is 206 Å². The van der Waals surface area contributed by atoms with Crippen molar-refractivity contribution in [1.29, 1.82) is 0 Å². The summed E-state index contributed by atoms with van der Waals surface area (Å²) in [5, 5.41) is 70.5. The Kier molecular flexibility index (Phi) is 12.0. The van der Waals surface area contributed by atoms with Crippen LogP contribution in [0.5, 0.6) is 34.5 Å². The Morgan fingerprint density at radius 2 is 1.40 bits per heavy atom. The first kappa shape index (κ1) is 33.2. The first-order valence-electron chi connectivity index (χ1n) is 12.9. The lowest BCUT2D eigenvalue weighted by Gasteiger charge is -2.39. The van der Waals surface area contributed by atoms with Crippen LogP contribution in [-0.4, -0.2) is 121 Å². The van der Waals surface area contributed by atoms with Crippen LogP contribution in [-0.2, 0) is 9.47 Å². The van der Waals surface area contributed by atoms with Gasteiger partial charge in [-0.2, -0.15) is 0 Å². The maximum absolute atomic E-state index is 11.0. The molecule has 1 aliphatic rings. The second kappa shape index (κ2) is 15.2. The van der Waals surface area contributed by atoms with Crippen LogP contribution in [0.1, 0.15) is 17.2 Å². The molecule has 0 spiro atoms. The lowest BCUT2D eigenvalue weighted by atomic mass is 9.99. The van der Waals surface area contributed by atoms with Crippen LogP contribution in [0.15, 0.2) is 30.3 Å². The highest BCUT2D eigenvalue weighted by Crippen LogP contribution is 2.43. The summed E-state index contributed by atoms with van der Waals surface area (Å²) in [5.41, 5.74) is 0.833. The number of methoxy groups -OCH3 is 4. The Morgan fingerprint density at radius 3 is 1.90 bits per heavy atom. The van der Waals surface area contributed by atoms with Crippen molar-refractivity contribution in [2.24, 2.45) is 0 Å². The van der Waals surface area contributed by atoms with Crippen molar-refractivity contribution < 1.29 is 68.9 Å². The molecule has 0 amide bonds. The lowest BCUT2D eigenvalue weighted by Crippen LogP contribution is -2.59. The fraction of sp³-hybridized carbons (Fsp3) is 0.500. The van der Waals surface area contributed by atoms with Gasteiger partial charge in [0.2, 0.25) is 11.5 Å². The monoisotopic (exact) mass is 598 g/mol. The zero-order valence-corrected chi connectivity index (χ0v) is 23.6. The maximum Gasteiger partial charge on any atom is 0.204 e. The summed E-state index contributed by atoms with van der Waals surface area (Å²) >= 11 is 0. The van der Waals surface area contributed by atoms with Crippen molar-refractivity contribution in [2.75, 3.05) is 48.3 Å². The minimum Gasteiger partial charge on any atom is -0.502 e. The van der Waals surface area contributed by atoms with Gasteiger partial charge in [0, 0.05) is 0 Å². The molecule has 234 valence electrons. The maximum atomic E-state index is 11.0. The summed E-state index contributed by atoms with van der Waals surface area (Å²) < 4.78 is 38.0. The number of rotatable bonds is 14. The Morgan fingerprint density at radius 1 is 0.833 bits per heavy atom. The fourth-order valence-corrected chi connectivity index (χ4v) is 4.30. The quantitative estimate of drug-likeness (QED) is 0.150. The standard InChI is InChI=1S/C28H38O14/c1-36-16-10-15(11-17(37-2)23(16)32)22(31)20(12-29)41-27-18(38-3)8-14(9-19(27)39-4)6-5-7-40-28-26(35)25(34)24(33)21(13-30)42-28/h5-6,8-11,20-22,24-26,28-35H,7,12-13H2,1-4H3/b6-5+/t20-,21-,22+,24-,25+,26-,28-/m1/s1. The van der Waals surface area contributed by atoms with Gasteiger partial charge >= 0.3 is 0 Å². The molecule has 1 heterocycles. The van der Waals surface area contributed by atoms with E-state index in [0.29, 0.717) is 5.56 Å². The van der Waals surface area contributed by atoms with Crippen LogP contribution in [0.3, 0.4) is 0 Å². The van der Waals surface area contributed by atoms with Gasteiger partial charge in [0.1, 0.15) is 30.5 Å². The summed E-state index contributed by atoms with van der Waals surface area (Å²) in [6.07, 6.45) is -6.27.